The van der Waals surface area contributed by atoms with Crippen LogP contribution in [-0.4, -0.2) is 7.05 Å². The highest BCUT2D eigenvalue weighted by Crippen LogP contribution is 2.25. The Hall–Kier alpha value is -1.09. The zero-order chi connectivity index (χ0) is 13.8. The highest BCUT2D eigenvalue weighted by Gasteiger charge is 2.12. The fourth-order valence-corrected chi connectivity index (χ4v) is 2.36. The Balaban J connectivity index is 2.21. The van der Waals surface area contributed by atoms with E-state index in [1.54, 1.807) is 6.07 Å². The summed E-state index contributed by atoms with van der Waals surface area (Å²) in [6, 6.07) is 12.3. The number of benzene rings is 2. The molecule has 0 amide bonds. The SMILES string of the molecule is CNC(Cc1ccc(F)cc1Cl)c1ccc(Cl)cc1. The smallest absolute Gasteiger partial charge is 0.124 e. The van der Waals surface area contributed by atoms with E-state index in [9.17, 15) is 4.39 Å². The Bertz CT molecular complexity index is 555. The number of hydrogen-bond donors (Lipinski definition) is 1. The predicted molar refractivity (Wildman–Crippen MR) is 78.4 cm³/mol. The molecule has 1 atom stereocenters. The highest BCUT2D eigenvalue weighted by molar-refractivity contribution is 6.31. The van der Waals surface area contributed by atoms with Crippen molar-refractivity contribution in [1.29, 1.82) is 0 Å². The van der Waals surface area contributed by atoms with Crippen LogP contribution in [0.3, 0.4) is 0 Å². The summed E-state index contributed by atoms with van der Waals surface area (Å²) >= 11 is 11.9. The van der Waals surface area contributed by atoms with E-state index in [0.29, 0.717) is 16.5 Å². The van der Waals surface area contributed by atoms with Gasteiger partial charge in [0.05, 0.1) is 0 Å². The molecule has 0 spiro atoms. The molecule has 0 fully saturated rings. The number of hydrogen-bond acceptors (Lipinski definition) is 1. The van der Waals surface area contributed by atoms with Crippen LogP contribution in [0.15, 0.2) is 42.5 Å². The third-order valence-corrected chi connectivity index (χ3v) is 3.66. The molecule has 0 aliphatic rings. The first kappa shape index (κ1) is 14.3. The number of halogens is 3. The van der Waals surface area contributed by atoms with Crippen molar-refractivity contribution >= 4 is 23.2 Å². The maximum absolute atomic E-state index is 13.0. The van der Waals surface area contributed by atoms with Gasteiger partial charge in [0.15, 0.2) is 0 Å². The average molecular weight is 298 g/mol. The Morgan fingerprint density at radius 2 is 1.79 bits per heavy atom. The first-order valence-corrected chi connectivity index (χ1v) is 6.72. The van der Waals surface area contributed by atoms with Crippen LogP contribution in [0, 0.1) is 5.82 Å². The number of likely N-dealkylation sites (N-methyl/N-ethyl adjacent to an activating group) is 1. The largest absolute Gasteiger partial charge is 0.313 e. The summed E-state index contributed by atoms with van der Waals surface area (Å²) in [4.78, 5) is 0. The third kappa shape index (κ3) is 3.69. The second-order valence-corrected chi connectivity index (χ2v) is 5.18. The van der Waals surface area contributed by atoms with Crippen molar-refractivity contribution in [1.82, 2.24) is 5.32 Å². The van der Waals surface area contributed by atoms with Crippen LogP contribution in [-0.2, 0) is 6.42 Å². The van der Waals surface area contributed by atoms with Crippen LogP contribution < -0.4 is 5.32 Å². The molecule has 4 heteroatoms. The van der Waals surface area contributed by atoms with Gasteiger partial charge in [0.25, 0.3) is 0 Å². The van der Waals surface area contributed by atoms with Crippen LogP contribution in [0.4, 0.5) is 4.39 Å². The highest BCUT2D eigenvalue weighted by atomic mass is 35.5. The molecule has 19 heavy (non-hydrogen) atoms. The summed E-state index contributed by atoms with van der Waals surface area (Å²) in [7, 11) is 1.89. The number of nitrogens with one attached hydrogen (secondary N) is 1. The first-order chi connectivity index (χ1) is 9.10. The fraction of sp³-hybridized carbons (Fsp3) is 0.200. The second-order valence-electron chi connectivity index (χ2n) is 4.33. The molecule has 2 aromatic rings. The van der Waals surface area contributed by atoms with Gasteiger partial charge in [-0.05, 0) is 48.9 Å². The minimum Gasteiger partial charge on any atom is -0.313 e. The molecule has 0 radical (unpaired) electrons. The van der Waals surface area contributed by atoms with Gasteiger partial charge in [-0.1, -0.05) is 41.4 Å². The molecule has 1 N–H and O–H groups in total. The predicted octanol–water partition coefficient (Wildman–Crippen LogP) is 4.64. The Morgan fingerprint density at radius 1 is 1.11 bits per heavy atom. The van der Waals surface area contributed by atoms with E-state index in [2.05, 4.69) is 5.32 Å². The lowest BCUT2D eigenvalue weighted by Gasteiger charge is -2.17. The van der Waals surface area contributed by atoms with Gasteiger partial charge in [-0.2, -0.15) is 0 Å². The van der Waals surface area contributed by atoms with E-state index < -0.39 is 0 Å². The minimum absolute atomic E-state index is 0.111. The van der Waals surface area contributed by atoms with Crippen LogP contribution in [0.2, 0.25) is 10.0 Å². The Morgan fingerprint density at radius 3 is 2.37 bits per heavy atom. The molecule has 0 heterocycles. The summed E-state index contributed by atoms with van der Waals surface area (Å²) < 4.78 is 13.0. The van der Waals surface area contributed by atoms with Crippen molar-refractivity contribution in [3.05, 3.63) is 69.5 Å². The van der Waals surface area contributed by atoms with Gasteiger partial charge in [0, 0.05) is 16.1 Å². The van der Waals surface area contributed by atoms with Gasteiger partial charge in [-0.3, -0.25) is 0 Å². The van der Waals surface area contributed by atoms with Crippen molar-refractivity contribution in [3.63, 3.8) is 0 Å². The monoisotopic (exact) mass is 297 g/mol. The lowest BCUT2D eigenvalue weighted by atomic mass is 9.99. The van der Waals surface area contributed by atoms with Crippen LogP contribution in [0.25, 0.3) is 0 Å². The quantitative estimate of drug-likeness (QED) is 0.867. The zero-order valence-corrected chi connectivity index (χ0v) is 12.0. The van der Waals surface area contributed by atoms with E-state index in [-0.39, 0.29) is 11.9 Å². The molecule has 0 saturated heterocycles. The molecule has 2 aromatic carbocycles. The molecule has 0 aliphatic carbocycles. The molecule has 1 unspecified atom stereocenters. The van der Waals surface area contributed by atoms with E-state index in [1.807, 2.05) is 31.3 Å². The van der Waals surface area contributed by atoms with Crippen molar-refractivity contribution in [2.24, 2.45) is 0 Å². The Kier molecular flexibility index (Phi) is 4.81. The second kappa shape index (κ2) is 6.38. The van der Waals surface area contributed by atoms with Crippen molar-refractivity contribution in [2.75, 3.05) is 7.05 Å². The lowest BCUT2D eigenvalue weighted by Crippen LogP contribution is -2.18. The maximum atomic E-state index is 13.0. The lowest BCUT2D eigenvalue weighted by molar-refractivity contribution is 0.589. The van der Waals surface area contributed by atoms with Gasteiger partial charge in [-0.25, -0.2) is 4.39 Å². The van der Waals surface area contributed by atoms with Crippen LogP contribution >= 0.6 is 23.2 Å². The summed E-state index contributed by atoms with van der Waals surface area (Å²) in [5.41, 5.74) is 2.03. The third-order valence-electron chi connectivity index (χ3n) is 3.06. The average Bonchev–Trinajstić information content (AvgIpc) is 2.39. The fourth-order valence-electron chi connectivity index (χ4n) is 1.99. The molecule has 100 valence electrons. The minimum atomic E-state index is -0.318. The molecule has 0 aliphatic heterocycles. The van der Waals surface area contributed by atoms with E-state index >= 15 is 0 Å². The molecule has 0 aromatic heterocycles. The number of rotatable bonds is 4. The van der Waals surface area contributed by atoms with Crippen LogP contribution in [0.5, 0.6) is 0 Å². The summed E-state index contributed by atoms with van der Waals surface area (Å²) in [5.74, 6) is -0.318. The van der Waals surface area contributed by atoms with Crippen molar-refractivity contribution in [3.8, 4) is 0 Å². The molecular weight excluding hydrogens is 284 g/mol. The van der Waals surface area contributed by atoms with Crippen LogP contribution in [0.1, 0.15) is 17.2 Å². The summed E-state index contributed by atoms with van der Waals surface area (Å²) in [6.45, 7) is 0. The molecule has 1 nitrogen and oxygen atoms in total. The standard InChI is InChI=1S/C15H14Cl2FN/c1-19-15(10-2-5-12(16)6-3-10)8-11-4-7-13(18)9-14(11)17/h2-7,9,15,19H,8H2,1H3. The van der Waals surface area contributed by atoms with Gasteiger partial charge < -0.3 is 5.32 Å². The Labute approximate surface area is 122 Å². The van der Waals surface area contributed by atoms with E-state index in [1.165, 1.54) is 12.1 Å². The molecule has 0 saturated carbocycles. The van der Waals surface area contributed by atoms with Crippen molar-refractivity contribution in [2.45, 2.75) is 12.5 Å². The normalized spacial score (nSPS) is 12.4. The van der Waals surface area contributed by atoms with E-state index in [4.69, 9.17) is 23.2 Å². The zero-order valence-electron chi connectivity index (χ0n) is 10.5. The van der Waals surface area contributed by atoms with E-state index in [0.717, 1.165) is 11.1 Å². The maximum Gasteiger partial charge on any atom is 0.124 e. The molecule has 2 rings (SSSR count). The molecular formula is C15H14Cl2FN. The van der Waals surface area contributed by atoms with Gasteiger partial charge >= 0.3 is 0 Å². The summed E-state index contributed by atoms with van der Waals surface area (Å²) in [5, 5.41) is 4.39. The van der Waals surface area contributed by atoms with Gasteiger partial charge in [0.1, 0.15) is 5.82 Å². The van der Waals surface area contributed by atoms with Gasteiger partial charge in [-0.15, -0.1) is 0 Å². The van der Waals surface area contributed by atoms with Gasteiger partial charge in [0.2, 0.25) is 0 Å². The van der Waals surface area contributed by atoms with Crippen molar-refractivity contribution < 1.29 is 4.39 Å². The first-order valence-electron chi connectivity index (χ1n) is 5.97. The summed E-state index contributed by atoms with van der Waals surface area (Å²) in [6.07, 6.45) is 0.692. The molecule has 0 bridgehead atoms. The topological polar surface area (TPSA) is 12.0 Å².